The molecule has 9 heteroatoms. The maximum atomic E-state index is 12.6. The van der Waals surface area contributed by atoms with Gasteiger partial charge in [0.1, 0.15) is 10.5 Å². The Bertz CT molecular complexity index is 1580. The van der Waals surface area contributed by atoms with Crippen LogP contribution in [0.1, 0.15) is 10.4 Å². The molecule has 1 N–H and O–H groups in total. The van der Waals surface area contributed by atoms with E-state index in [2.05, 4.69) is 10.3 Å². The summed E-state index contributed by atoms with van der Waals surface area (Å²) in [4.78, 5) is 27.6. The number of nitro groups is 1. The molecule has 0 atom stereocenters. The molecular weight excluding hydrogens is 465 g/mol. The molecule has 5 aromatic rings. The van der Waals surface area contributed by atoms with Gasteiger partial charge in [-0.2, -0.15) is 0 Å². The molecule has 1 aromatic heterocycles. The van der Waals surface area contributed by atoms with E-state index in [0.717, 1.165) is 22.4 Å². The van der Waals surface area contributed by atoms with Crippen LogP contribution in [0.2, 0.25) is 10.0 Å². The summed E-state index contributed by atoms with van der Waals surface area (Å²) in [6, 6.07) is 20.3. The highest BCUT2D eigenvalue weighted by atomic mass is 35.5. The van der Waals surface area contributed by atoms with E-state index in [1.165, 1.54) is 12.1 Å². The van der Waals surface area contributed by atoms with Gasteiger partial charge in [-0.3, -0.25) is 14.9 Å². The van der Waals surface area contributed by atoms with Crippen molar-refractivity contribution >= 4 is 62.4 Å². The van der Waals surface area contributed by atoms with Gasteiger partial charge in [-0.1, -0.05) is 47.5 Å². The van der Waals surface area contributed by atoms with Gasteiger partial charge in [-0.15, -0.1) is 0 Å². The van der Waals surface area contributed by atoms with E-state index in [4.69, 9.17) is 27.6 Å². The predicted molar refractivity (Wildman–Crippen MR) is 128 cm³/mol. The molecule has 1 heterocycles. The van der Waals surface area contributed by atoms with Crippen molar-refractivity contribution in [1.29, 1.82) is 0 Å². The minimum atomic E-state index is -0.636. The van der Waals surface area contributed by atoms with Gasteiger partial charge in [0, 0.05) is 33.3 Å². The van der Waals surface area contributed by atoms with Crippen LogP contribution in [0.3, 0.4) is 0 Å². The molecule has 0 saturated heterocycles. The minimum Gasteiger partial charge on any atom is -0.436 e. The maximum absolute atomic E-state index is 12.6. The number of nitro benzene ring substituents is 1. The number of benzene rings is 4. The Morgan fingerprint density at radius 2 is 1.73 bits per heavy atom. The largest absolute Gasteiger partial charge is 0.436 e. The molecule has 0 fully saturated rings. The Kier molecular flexibility index (Phi) is 5.20. The molecule has 0 unspecified atom stereocenters. The molecule has 5 rings (SSSR count). The number of carbonyl (C=O) groups is 1. The van der Waals surface area contributed by atoms with Crippen LogP contribution >= 0.6 is 23.2 Å². The fraction of sp³-hybridized carbons (Fsp3) is 0. The number of amides is 1. The first-order valence-electron chi connectivity index (χ1n) is 9.74. The Morgan fingerprint density at radius 3 is 2.55 bits per heavy atom. The van der Waals surface area contributed by atoms with Crippen molar-refractivity contribution < 1.29 is 14.1 Å². The zero-order chi connectivity index (χ0) is 23.1. The number of nitrogens with zero attached hydrogens (tertiary/aromatic N) is 2. The summed E-state index contributed by atoms with van der Waals surface area (Å²) < 4.78 is 5.95. The molecular formula is C24H13Cl2N3O4. The molecule has 0 aliphatic carbocycles. The molecule has 33 heavy (non-hydrogen) atoms. The summed E-state index contributed by atoms with van der Waals surface area (Å²) in [6.07, 6.45) is 0. The average molecular weight is 478 g/mol. The fourth-order valence-corrected chi connectivity index (χ4v) is 4.00. The molecule has 4 aromatic carbocycles. The van der Waals surface area contributed by atoms with Gasteiger partial charge in [0.25, 0.3) is 11.6 Å². The van der Waals surface area contributed by atoms with Crippen molar-refractivity contribution in [2.75, 3.05) is 5.32 Å². The topological polar surface area (TPSA) is 98.3 Å². The first-order valence-corrected chi connectivity index (χ1v) is 10.5. The second-order valence-electron chi connectivity index (χ2n) is 7.22. The molecule has 162 valence electrons. The molecule has 0 saturated carbocycles. The lowest BCUT2D eigenvalue weighted by Gasteiger charge is -2.05. The quantitative estimate of drug-likeness (QED) is 0.219. The van der Waals surface area contributed by atoms with Gasteiger partial charge >= 0.3 is 0 Å². The van der Waals surface area contributed by atoms with E-state index < -0.39 is 10.8 Å². The Hall–Kier alpha value is -3.94. The second kappa shape index (κ2) is 8.20. The van der Waals surface area contributed by atoms with Gasteiger partial charge in [0.2, 0.25) is 5.89 Å². The van der Waals surface area contributed by atoms with E-state index >= 15 is 0 Å². The monoisotopic (exact) mass is 477 g/mol. The summed E-state index contributed by atoms with van der Waals surface area (Å²) in [5.41, 5.74) is 2.13. The van der Waals surface area contributed by atoms with Crippen LogP contribution in [0.4, 0.5) is 11.4 Å². The van der Waals surface area contributed by atoms with E-state index in [0.29, 0.717) is 27.7 Å². The van der Waals surface area contributed by atoms with E-state index in [1.807, 2.05) is 36.4 Å². The van der Waals surface area contributed by atoms with Crippen molar-refractivity contribution in [2.24, 2.45) is 0 Å². The Morgan fingerprint density at radius 1 is 0.939 bits per heavy atom. The molecule has 0 spiro atoms. The summed E-state index contributed by atoms with van der Waals surface area (Å²) in [7, 11) is 0. The van der Waals surface area contributed by atoms with Crippen molar-refractivity contribution in [3.63, 3.8) is 0 Å². The van der Waals surface area contributed by atoms with Crippen LogP contribution in [0.15, 0.2) is 77.2 Å². The van der Waals surface area contributed by atoms with E-state index in [9.17, 15) is 14.9 Å². The van der Waals surface area contributed by atoms with Crippen molar-refractivity contribution in [1.82, 2.24) is 4.98 Å². The van der Waals surface area contributed by atoms with Gasteiger partial charge in [0.15, 0.2) is 5.58 Å². The highest BCUT2D eigenvalue weighted by Gasteiger charge is 2.17. The lowest BCUT2D eigenvalue weighted by atomic mass is 10.0. The van der Waals surface area contributed by atoms with Crippen LogP contribution in [0.5, 0.6) is 0 Å². The van der Waals surface area contributed by atoms with Crippen molar-refractivity contribution in [3.8, 4) is 11.5 Å². The van der Waals surface area contributed by atoms with Crippen LogP contribution in [-0.2, 0) is 0 Å². The van der Waals surface area contributed by atoms with Crippen molar-refractivity contribution in [2.45, 2.75) is 0 Å². The lowest BCUT2D eigenvalue weighted by molar-refractivity contribution is -0.384. The van der Waals surface area contributed by atoms with Gasteiger partial charge in [-0.05, 0) is 47.9 Å². The SMILES string of the molecule is O=C(Nc1ccc2oc(-c3cccc4c(Cl)cccc34)nc2c1)c1ccc(Cl)c([N+](=O)[O-])c1. The second-order valence-corrected chi connectivity index (χ2v) is 8.03. The number of rotatable bonds is 4. The number of aromatic nitrogens is 1. The number of hydrogen-bond donors (Lipinski definition) is 1. The van der Waals surface area contributed by atoms with Crippen LogP contribution in [0, 0.1) is 10.1 Å². The first kappa shape index (κ1) is 20.9. The number of anilines is 1. The van der Waals surface area contributed by atoms with Crippen LogP contribution in [-0.4, -0.2) is 15.8 Å². The summed E-state index contributed by atoms with van der Waals surface area (Å²) in [5, 5.41) is 16.2. The third-order valence-corrected chi connectivity index (χ3v) is 5.80. The highest BCUT2D eigenvalue weighted by Crippen LogP contribution is 2.34. The summed E-state index contributed by atoms with van der Waals surface area (Å²) >= 11 is 12.1. The fourth-order valence-electron chi connectivity index (χ4n) is 3.58. The number of hydrogen-bond acceptors (Lipinski definition) is 5. The third kappa shape index (κ3) is 3.88. The zero-order valence-electron chi connectivity index (χ0n) is 16.7. The number of halogens is 2. The van der Waals surface area contributed by atoms with Crippen LogP contribution < -0.4 is 5.32 Å². The van der Waals surface area contributed by atoms with Crippen molar-refractivity contribution in [3.05, 3.63) is 98.5 Å². The number of fused-ring (bicyclic) bond motifs is 2. The van der Waals surface area contributed by atoms with Gasteiger partial charge in [0.05, 0.1) is 4.92 Å². The zero-order valence-corrected chi connectivity index (χ0v) is 18.2. The molecule has 0 bridgehead atoms. The first-order chi connectivity index (χ1) is 15.9. The van der Waals surface area contributed by atoms with Crippen LogP contribution in [0.25, 0.3) is 33.3 Å². The van der Waals surface area contributed by atoms with E-state index in [1.54, 1.807) is 18.2 Å². The molecule has 0 aliphatic rings. The standard InChI is InChI=1S/C24H13Cl2N3O4/c25-18-6-2-3-15-16(18)4-1-5-17(15)24-28-20-12-14(8-10-22(20)33-24)27-23(30)13-7-9-19(26)21(11-13)29(31)32/h1-12H,(H,27,30). The van der Waals surface area contributed by atoms with Gasteiger partial charge < -0.3 is 9.73 Å². The minimum absolute atomic E-state index is 0.0391. The molecule has 0 radical (unpaired) electrons. The smallest absolute Gasteiger partial charge is 0.288 e. The highest BCUT2D eigenvalue weighted by molar-refractivity contribution is 6.36. The number of nitrogens with one attached hydrogen (secondary N) is 1. The Balaban J connectivity index is 1.47. The van der Waals surface area contributed by atoms with Gasteiger partial charge in [-0.25, -0.2) is 4.98 Å². The third-order valence-electron chi connectivity index (χ3n) is 5.15. The summed E-state index contributed by atoms with van der Waals surface area (Å²) in [6.45, 7) is 0. The molecule has 0 aliphatic heterocycles. The lowest BCUT2D eigenvalue weighted by Crippen LogP contribution is -2.12. The summed E-state index contributed by atoms with van der Waals surface area (Å²) in [5.74, 6) is -0.0869. The van der Waals surface area contributed by atoms with E-state index in [-0.39, 0.29) is 16.3 Å². The molecule has 7 nitrogen and oxygen atoms in total. The molecule has 1 amide bonds. The number of oxazole rings is 1. The average Bonchev–Trinajstić information content (AvgIpc) is 3.22. The maximum Gasteiger partial charge on any atom is 0.288 e. The number of carbonyl (C=O) groups excluding carboxylic acids is 1. The normalized spacial score (nSPS) is 11.1. The predicted octanol–water partition coefficient (Wildman–Crippen LogP) is 7.12. The Labute approximate surface area is 196 Å².